The fourth-order valence-electron chi connectivity index (χ4n) is 3.00. The second-order valence-electron chi connectivity index (χ2n) is 6.26. The van der Waals surface area contributed by atoms with E-state index in [-0.39, 0.29) is 17.2 Å². The molecule has 3 heterocycles. The van der Waals surface area contributed by atoms with Crippen molar-refractivity contribution in [2.75, 3.05) is 5.75 Å². The Kier molecular flexibility index (Phi) is 5.39. The number of amides is 1. The molecule has 1 amide bonds. The van der Waals surface area contributed by atoms with Gasteiger partial charge in [0.05, 0.1) is 16.7 Å². The Hall–Kier alpha value is -3.46. The molecular formula is C20H18N6O2S. The van der Waals surface area contributed by atoms with Gasteiger partial charge in [-0.25, -0.2) is 0 Å². The molecule has 146 valence electrons. The SMILES string of the molecule is C=CCn1c(=O)c2ccccc2n2c(SCC(=O)NCc3ccncc3)nnc12. The molecule has 1 aromatic carbocycles. The molecule has 4 aromatic rings. The second kappa shape index (κ2) is 8.27. The molecule has 1 N–H and O–H groups in total. The van der Waals surface area contributed by atoms with Crippen LogP contribution >= 0.6 is 11.8 Å². The molecule has 0 unspecified atom stereocenters. The van der Waals surface area contributed by atoms with Crippen LogP contribution in [0.1, 0.15) is 5.56 Å². The fourth-order valence-corrected chi connectivity index (χ4v) is 3.77. The zero-order valence-electron chi connectivity index (χ0n) is 15.5. The minimum atomic E-state index is -0.146. The molecule has 8 nitrogen and oxygen atoms in total. The molecule has 29 heavy (non-hydrogen) atoms. The lowest BCUT2D eigenvalue weighted by atomic mass is 10.2. The van der Waals surface area contributed by atoms with Gasteiger partial charge in [0.1, 0.15) is 0 Å². The highest BCUT2D eigenvalue weighted by Crippen LogP contribution is 2.21. The van der Waals surface area contributed by atoms with Gasteiger partial charge >= 0.3 is 0 Å². The Morgan fingerprint density at radius 3 is 2.76 bits per heavy atom. The van der Waals surface area contributed by atoms with Crippen LogP contribution in [0.4, 0.5) is 0 Å². The quantitative estimate of drug-likeness (QED) is 0.373. The van der Waals surface area contributed by atoms with Crippen LogP contribution in [0.25, 0.3) is 16.7 Å². The van der Waals surface area contributed by atoms with Crippen molar-refractivity contribution in [3.05, 3.63) is 77.4 Å². The summed E-state index contributed by atoms with van der Waals surface area (Å²) >= 11 is 1.27. The molecule has 0 radical (unpaired) electrons. The predicted molar refractivity (Wildman–Crippen MR) is 112 cm³/mol. The van der Waals surface area contributed by atoms with Gasteiger partial charge < -0.3 is 5.32 Å². The molecule has 0 atom stereocenters. The van der Waals surface area contributed by atoms with E-state index in [0.29, 0.717) is 34.9 Å². The van der Waals surface area contributed by atoms with Crippen molar-refractivity contribution in [3.8, 4) is 0 Å². The molecule has 4 rings (SSSR count). The van der Waals surface area contributed by atoms with Gasteiger partial charge in [-0.3, -0.25) is 23.5 Å². The third kappa shape index (κ3) is 3.77. The van der Waals surface area contributed by atoms with Crippen molar-refractivity contribution in [1.82, 2.24) is 29.5 Å². The number of thioether (sulfide) groups is 1. The van der Waals surface area contributed by atoms with Crippen LogP contribution in [0.2, 0.25) is 0 Å². The highest BCUT2D eigenvalue weighted by molar-refractivity contribution is 7.99. The highest BCUT2D eigenvalue weighted by atomic mass is 32.2. The van der Waals surface area contributed by atoms with Crippen LogP contribution < -0.4 is 10.9 Å². The molecule has 0 bridgehead atoms. The first-order chi connectivity index (χ1) is 14.2. The van der Waals surface area contributed by atoms with E-state index < -0.39 is 0 Å². The molecule has 9 heteroatoms. The summed E-state index contributed by atoms with van der Waals surface area (Å²) in [5, 5.41) is 12.4. The van der Waals surface area contributed by atoms with Gasteiger partial charge in [0.15, 0.2) is 5.16 Å². The average molecular weight is 406 g/mol. The smallest absolute Gasteiger partial charge is 0.263 e. The summed E-state index contributed by atoms with van der Waals surface area (Å²) in [5.74, 6) is 0.487. The van der Waals surface area contributed by atoms with E-state index >= 15 is 0 Å². The lowest BCUT2D eigenvalue weighted by Gasteiger charge is -2.09. The van der Waals surface area contributed by atoms with Crippen LogP contribution in [-0.4, -0.2) is 35.8 Å². The summed E-state index contributed by atoms with van der Waals surface area (Å²) in [6.07, 6.45) is 5.02. The number of carbonyl (C=O) groups excluding carboxylic acids is 1. The molecule has 0 aliphatic rings. The van der Waals surface area contributed by atoms with Crippen molar-refractivity contribution in [1.29, 1.82) is 0 Å². The number of aromatic nitrogens is 5. The topological polar surface area (TPSA) is 94.2 Å². The Balaban J connectivity index is 1.60. The maximum atomic E-state index is 12.8. The van der Waals surface area contributed by atoms with Gasteiger partial charge in [-0.2, -0.15) is 0 Å². The van der Waals surface area contributed by atoms with Crippen LogP contribution in [-0.2, 0) is 17.9 Å². The fraction of sp³-hybridized carbons (Fsp3) is 0.150. The molecule has 0 fully saturated rings. The molecule has 0 aliphatic heterocycles. The van der Waals surface area contributed by atoms with E-state index in [1.54, 1.807) is 28.9 Å². The Bertz CT molecular complexity index is 1250. The van der Waals surface area contributed by atoms with Gasteiger partial charge in [0.25, 0.3) is 5.56 Å². The number of hydrogen-bond donors (Lipinski definition) is 1. The lowest BCUT2D eigenvalue weighted by molar-refractivity contribution is -0.118. The Labute approximate surface area is 170 Å². The summed E-state index contributed by atoms with van der Waals surface area (Å²) in [6.45, 7) is 4.47. The minimum absolute atomic E-state index is 0.118. The first-order valence-electron chi connectivity index (χ1n) is 8.95. The van der Waals surface area contributed by atoms with E-state index in [1.165, 1.54) is 16.3 Å². The van der Waals surface area contributed by atoms with Gasteiger partial charge in [-0.15, -0.1) is 16.8 Å². The maximum absolute atomic E-state index is 12.8. The number of pyridine rings is 1. The number of hydrogen-bond acceptors (Lipinski definition) is 6. The largest absolute Gasteiger partial charge is 0.351 e. The summed E-state index contributed by atoms with van der Waals surface area (Å²) in [4.78, 5) is 29.0. The monoisotopic (exact) mass is 406 g/mol. The Morgan fingerprint density at radius 2 is 1.97 bits per heavy atom. The summed E-state index contributed by atoms with van der Waals surface area (Å²) in [7, 11) is 0. The van der Waals surface area contributed by atoms with Crippen molar-refractivity contribution in [2.24, 2.45) is 0 Å². The molecular weight excluding hydrogens is 388 g/mol. The maximum Gasteiger partial charge on any atom is 0.263 e. The second-order valence-corrected chi connectivity index (χ2v) is 7.20. The van der Waals surface area contributed by atoms with Crippen molar-refractivity contribution in [3.63, 3.8) is 0 Å². The number of rotatable bonds is 7. The minimum Gasteiger partial charge on any atom is -0.351 e. The van der Waals surface area contributed by atoms with Crippen molar-refractivity contribution in [2.45, 2.75) is 18.2 Å². The Morgan fingerprint density at radius 1 is 1.17 bits per heavy atom. The number of nitrogens with one attached hydrogen (secondary N) is 1. The first-order valence-corrected chi connectivity index (χ1v) is 9.93. The summed E-state index contributed by atoms with van der Waals surface area (Å²) < 4.78 is 3.33. The van der Waals surface area contributed by atoms with E-state index in [9.17, 15) is 9.59 Å². The zero-order valence-corrected chi connectivity index (χ0v) is 16.3. The van der Waals surface area contributed by atoms with Gasteiger partial charge in [0.2, 0.25) is 11.7 Å². The molecule has 3 aromatic heterocycles. The number of carbonyl (C=O) groups is 1. The van der Waals surface area contributed by atoms with Crippen molar-refractivity contribution >= 4 is 34.3 Å². The number of para-hydroxylation sites is 1. The molecule has 0 saturated heterocycles. The normalized spacial score (nSPS) is 11.0. The van der Waals surface area contributed by atoms with Gasteiger partial charge in [0, 0.05) is 25.5 Å². The lowest BCUT2D eigenvalue weighted by Crippen LogP contribution is -2.25. The van der Waals surface area contributed by atoms with Crippen LogP contribution in [0, 0.1) is 0 Å². The van der Waals surface area contributed by atoms with E-state index in [2.05, 4.69) is 27.1 Å². The van der Waals surface area contributed by atoms with E-state index in [0.717, 1.165) is 5.56 Å². The van der Waals surface area contributed by atoms with Gasteiger partial charge in [-0.05, 0) is 29.8 Å². The van der Waals surface area contributed by atoms with Crippen LogP contribution in [0.15, 0.2) is 71.4 Å². The average Bonchev–Trinajstić information content (AvgIpc) is 3.18. The standard InChI is InChI=1S/C20H18N6O2S/c1-2-11-25-18(28)15-5-3-4-6-16(15)26-19(25)23-24-20(26)29-13-17(27)22-12-14-7-9-21-10-8-14/h2-10H,1,11-13H2,(H,22,27). The third-order valence-electron chi connectivity index (χ3n) is 4.36. The van der Waals surface area contributed by atoms with Crippen LogP contribution in [0.5, 0.6) is 0 Å². The summed E-state index contributed by atoms with van der Waals surface area (Å²) in [6, 6.07) is 11.0. The molecule has 0 aliphatic carbocycles. The number of allylic oxidation sites excluding steroid dienone is 1. The number of nitrogens with zero attached hydrogens (tertiary/aromatic N) is 5. The third-order valence-corrected chi connectivity index (χ3v) is 5.29. The van der Waals surface area contributed by atoms with Crippen molar-refractivity contribution < 1.29 is 4.79 Å². The molecule has 0 spiro atoms. The van der Waals surface area contributed by atoms with Gasteiger partial charge in [-0.1, -0.05) is 30.0 Å². The highest BCUT2D eigenvalue weighted by Gasteiger charge is 2.17. The predicted octanol–water partition coefficient (Wildman–Crippen LogP) is 2.03. The van der Waals surface area contributed by atoms with E-state index in [1.807, 2.05) is 30.3 Å². The van der Waals surface area contributed by atoms with Crippen LogP contribution in [0.3, 0.4) is 0 Å². The first kappa shape index (κ1) is 18.9. The zero-order chi connectivity index (χ0) is 20.2. The van der Waals surface area contributed by atoms with E-state index in [4.69, 9.17) is 0 Å². The summed E-state index contributed by atoms with van der Waals surface area (Å²) in [5.41, 5.74) is 1.54. The molecule has 0 saturated carbocycles. The number of fused-ring (bicyclic) bond motifs is 3. The number of benzene rings is 1.